The van der Waals surface area contributed by atoms with Crippen molar-refractivity contribution in [1.29, 1.82) is 0 Å². The Labute approximate surface area is 107 Å². The third-order valence-corrected chi connectivity index (χ3v) is 3.31. The lowest BCUT2D eigenvalue weighted by molar-refractivity contribution is -0.00303. The molecule has 3 nitrogen and oxygen atoms in total. The first-order chi connectivity index (χ1) is 8.63. The Balaban J connectivity index is 2.24. The molecule has 4 heteroatoms. The summed E-state index contributed by atoms with van der Waals surface area (Å²) in [6.07, 6.45) is 0.819. The molecule has 18 heavy (non-hydrogen) atoms. The molecule has 1 saturated heterocycles. The number of hydrogen-bond donors (Lipinski definition) is 0. The highest BCUT2D eigenvalue weighted by Gasteiger charge is 2.28. The molecule has 0 spiro atoms. The zero-order valence-electron chi connectivity index (χ0n) is 10.8. The summed E-state index contributed by atoms with van der Waals surface area (Å²) in [6, 6.07) is 4.77. The Morgan fingerprint density at radius 3 is 3.00 bits per heavy atom. The number of aryl methyl sites for hydroxylation is 1. The number of ether oxygens (including phenoxy) is 1. The van der Waals surface area contributed by atoms with E-state index in [-0.39, 0.29) is 17.5 Å². The first kappa shape index (κ1) is 13.0. The number of rotatable bonds is 2. The van der Waals surface area contributed by atoms with Gasteiger partial charge in [-0.15, -0.1) is 0 Å². The van der Waals surface area contributed by atoms with Crippen molar-refractivity contribution in [1.82, 2.24) is 4.90 Å². The molecular formula is C14H18FNO2. The normalized spacial score (nSPS) is 19.9. The summed E-state index contributed by atoms with van der Waals surface area (Å²) in [5, 5.41) is 0. The summed E-state index contributed by atoms with van der Waals surface area (Å²) < 4.78 is 19.2. The van der Waals surface area contributed by atoms with E-state index >= 15 is 0 Å². The highest BCUT2D eigenvalue weighted by Crippen LogP contribution is 2.17. The van der Waals surface area contributed by atoms with E-state index in [9.17, 15) is 9.18 Å². The quantitative estimate of drug-likeness (QED) is 0.807. The number of benzene rings is 1. The first-order valence-corrected chi connectivity index (χ1v) is 6.28. The number of hydrogen-bond acceptors (Lipinski definition) is 2. The molecule has 0 bridgehead atoms. The molecule has 1 aromatic rings. The molecule has 2 rings (SSSR count). The van der Waals surface area contributed by atoms with Gasteiger partial charge in [-0.05, 0) is 31.0 Å². The highest BCUT2D eigenvalue weighted by atomic mass is 19.1. The first-order valence-electron chi connectivity index (χ1n) is 6.28. The summed E-state index contributed by atoms with van der Waals surface area (Å²) in [4.78, 5) is 14.1. The van der Waals surface area contributed by atoms with Gasteiger partial charge in [0.2, 0.25) is 0 Å². The van der Waals surface area contributed by atoms with Crippen LogP contribution in [0.4, 0.5) is 4.39 Å². The molecular weight excluding hydrogens is 233 g/mol. The molecule has 0 aromatic heterocycles. The molecule has 1 aliphatic rings. The molecule has 1 aromatic carbocycles. The van der Waals surface area contributed by atoms with Crippen molar-refractivity contribution >= 4 is 5.91 Å². The molecule has 1 fully saturated rings. The number of amides is 1. The lowest BCUT2D eigenvalue weighted by atomic mass is 10.1. The smallest absolute Gasteiger partial charge is 0.257 e. The zero-order chi connectivity index (χ0) is 13.1. The number of carbonyl (C=O) groups is 1. The maximum absolute atomic E-state index is 13.8. The van der Waals surface area contributed by atoms with Gasteiger partial charge in [-0.25, -0.2) is 4.39 Å². The fourth-order valence-corrected chi connectivity index (χ4v) is 2.21. The monoisotopic (exact) mass is 251 g/mol. The number of nitrogens with zero attached hydrogens (tertiary/aromatic N) is 1. The van der Waals surface area contributed by atoms with Crippen LogP contribution in [0.3, 0.4) is 0 Å². The number of morpholine rings is 1. The van der Waals surface area contributed by atoms with Crippen LogP contribution in [-0.4, -0.2) is 36.6 Å². The van der Waals surface area contributed by atoms with Crippen LogP contribution in [0.15, 0.2) is 18.2 Å². The minimum Gasteiger partial charge on any atom is -0.377 e. The Morgan fingerprint density at radius 1 is 1.56 bits per heavy atom. The minimum atomic E-state index is -0.443. The molecule has 1 aliphatic heterocycles. The van der Waals surface area contributed by atoms with Crippen molar-refractivity contribution in [2.75, 3.05) is 19.8 Å². The van der Waals surface area contributed by atoms with Crippen LogP contribution in [0.1, 0.15) is 29.3 Å². The van der Waals surface area contributed by atoms with Gasteiger partial charge in [0.1, 0.15) is 5.82 Å². The lowest BCUT2D eigenvalue weighted by Gasteiger charge is -2.35. The molecule has 0 N–H and O–H groups in total. The van der Waals surface area contributed by atoms with Crippen LogP contribution >= 0.6 is 0 Å². The van der Waals surface area contributed by atoms with E-state index in [1.54, 1.807) is 24.0 Å². The van der Waals surface area contributed by atoms with Gasteiger partial charge in [0.25, 0.3) is 5.91 Å². The number of carbonyl (C=O) groups excluding carboxylic acids is 1. The van der Waals surface area contributed by atoms with E-state index in [1.165, 1.54) is 6.07 Å². The fourth-order valence-electron chi connectivity index (χ4n) is 2.21. The summed E-state index contributed by atoms with van der Waals surface area (Å²) >= 11 is 0. The lowest BCUT2D eigenvalue weighted by Crippen LogP contribution is -2.48. The second kappa shape index (κ2) is 5.48. The SMILES string of the molecule is CCC1COCCN1C(=O)c1ccc(C)cc1F. The van der Waals surface area contributed by atoms with E-state index in [0.29, 0.717) is 19.8 Å². The van der Waals surface area contributed by atoms with Crippen molar-refractivity contribution in [3.05, 3.63) is 35.1 Å². The maximum Gasteiger partial charge on any atom is 0.257 e. The summed E-state index contributed by atoms with van der Waals surface area (Å²) in [5.74, 6) is -0.677. The van der Waals surface area contributed by atoms with E-state index in [0.717, 1.165) is 12.0 Å². The van der Waals surface area contributed by atoms with Gasteiger partial charge in [-0.2, -0.15) is 0 Å². The van der Waals surface area contributed by atoms with Crippen molar-refractivity contribution in [3.8, 4) is 0 Å². The predicted molar refractivity (Wildman–Crippen MR) is 67.1 cm³/mol. The fraction of sp³-hybridized carbons (Fsp3) is 0.500. The molecule has 1 atom stereocenters. The van der Waals surface area contributed by atoms with Gasteiger partial charge < -0.3 is 9.64 Å². The molecule has 1 heterocycles. The zero-order valence-corrected chi connectivity index (χ0v) is 10.8. The van der Waals surface area contributed by atoms with Gasteiger partial charge in [-0.3, -0.25) is 4.79 Å². The van der Waals surface area contributed by atoms with Crippen LogP contribution in [0.2, 0.25) is 0 Å². The van der Waals surface area contributed by atoms with E-state index in [2.05, 4.69) is 0 Å². The molecule has 0 aliphatic carbocycles. The van der Waals surface area contributed by atoms with Crippen molar-refractivity contribution in [2.45, 2.75) is 26.3 Å². The second-order valence-corrected chi connectivity index (χ2v) is 4.62. The largest absolute Gasteiger partial charge is 0.377 e. The molecule has 0 radical (unpaired) electrons. The van der Waals surface area contributed by atoms with Crippen molar-refractivity contribution in [3.63, 3.8) is 0 Å². The molecule has 0 saturated carbocycles. The van der Waals surface area contributed by atoms with E-state index in [1.807, 2.05) is 6.92 Å². The van der Waals surface area contributed by atoms with Gasteiger partial charge >= 0.3 is 0 Å². The van der Waals surface area contributed by atoms with Crippen LogP contribution in [0.25, 0.3) is 0 Å². The van der Waals surface area contributed by atoms with Crippen molar-refractivity contribution < 1.29 is 13.9 Å². The van der Waals surface area contributed by atoms with E-state index < -0.39 is 5.82 Å². The molecule has 1 unspecified atom stereocenters. The topological polar surface area (TPSA) is 29.5 Å². The van der Waals surface area contributed by atoms with Gasteiger partial charge in [0, 0.05) is 6.54 Å². The average molecular weight is 251 g/mol. The van der Waals surface area contributed by atoms with Gasteiger partial charge in [-0.1, -0.05) is 13.0 Å². The Hall–Kier alpha value is -1.42. The number of halogens is 1. The second-order valence-electron chi connectivity index (χ2n) is 4.62. The van der Waals surface area contributed by atoms with Gasteiger partial charge in [0.15, 0.2) is 0 Å². The highest BCUT2D eigenvalue weighted by molar-refractivity contribution is 5.94. The maximum atomic E-state index is 13.8. The van der Waals surface area contributed by atoms with Crippen LogP contribution in [0, 0.1) is 12.7 Å². The standard InChI is InChI=1S/C14H18FNO2/c1-3-11-9-18-7-6-16(11)14(17)12-5-4-10(2)8-13(12)15/h4-5,8,11H,3,6-7,9H2,1-2H3. The van der Waals surface area contributed by atoms with E-state index in [4.69, 9.17) is 4.74 Å². The van der Waals surface area contributed by atoms with Crippen LogP contribution in [-0.2, 0) is 4.74 Å². The minimum absolute atomic E-state index is 0.0481. The van der Waals surface area contributed by atoms with Gasteiger partial charge in [0.05, 0.1) is 24.8 Å². The average Bonchev–Trinajstić information content (AvgIpc) is 2.38. The third-order valence-electron chi connectivity index (χ3n) is 3.31. The predicted octanol–water partition coefficient (Wildman–Crippen LogP) is 2.39. The Morgan fingerprint density at radius 2 is 2.33 bits per heavy atom. The van der Waals surface area contributed by atoms with Crippen molar-refractivity contribution in [2.24, 2.45) is 0 Å². The summed E-state index contributed by atoms with van der Waals surface area (Å²) in [7, 11) is 0. The molecule has 1 amide bonds. The Kier molecular flexibility index (Phi) is 3.97. The van der Waals surface area contributed by atoms with Crippen LogP contribution in [0.5, 0.6) is 0 Å². The Bertz CT molecular complexity index is 447. The van der Waals surface area contributed by atoms with Crippen LogP contribution < -0.4 is 0 Å². The third kappa shape index (κ3) is 2.53. The molecule has 98 valence electrons. The summed E-state index contributed by atoms with van der Waals surface area (Å²) in [6.45, 7) is 5.40. The summed E-state index contributed by atoms with van der Waals surface area (Å²) in [5.41, 5.74) is 0.971.